The second-order valence-electron chi connectivity index (χ2n) is 14.8. The maximum Gasteiger partial charge on any atom is 0.0541 e. The van der Waals surface area contributed by atoms with Crippen molar-refractivity contribution in [3.05, 3.63) is 211 Å². The van der Waals surface area contributed by atoms with Gasteiger partial charge in [-0.1, -0.05) is 146 Å². The van der Waals surface area contributed by atoms with Crippen molar-refractivity contribution in [2.24, 2.45) is 0 Å². The van der Waals surface area contributed by atoms with Gasteiger partial charge >= 0.3 is 0 Å². The van der Waals surface area contributed by atoms with E-state index in [4.69, 9.17) is 0 Å². The molecule has 0 spiro atoms. The van der Waals surface area contributed by atoms with Gasteiger partial charge in [-0.15, -0.1) is 11.3 Å². The van der Waals surface area contributed by atoms with Crippen LogP contribution in [0, 0.1) is 0 Å². The zero-order valence-corrected chi connectivity index (χ0v) is 30.7. The number of nitrogens with zero attached hydrogens (tertiary/aromatic N) is 1. The molecule has 0 fully saturated rings. The molecule has 1 aliphatic rings. The van der Waals surface area contributed by atoms with Crippen LogP contribution >= 0.6 is 11.3 Å². The van der Waals surface area contributed by atoms with Gasteiger partial charge in [-0.25, -0.2) is 0 Å². The molecule has 0 amide bonds. The summed E-state index contributed by atoms with van der Waals surface area (Å²) in [6, 6.07) is 72.2. The number of hydrogen-bond donors (Lipinski definition) is 0. The van der Waals surface area contributed by atoms with E-state index in [9.17, 15) is 0 Å². The Morgan fingerprint density at radius 1 is 0.327 bits per heavy atom. The monoisotopic (exact) mass is 715 g/mol. The average molecular weight is 716 g/mol. The Morgan fingerprint density at radius 3 is 1.91 bits per heavy atom. The molecule has 1 unspecified atom stereocenters. The first-order chi connectivity index (χ1) is 27.3. The van der Waals surface area contributed by atoms with Crippen LogP contribution in [0.2, 0.25) is 0 Å². The molecule has 1 atom stereocenters. The van der Waals surface area contributed by atoms with Crippen LogP contribution in [0.5, 0.6) is 0 Å². The first kappa shape index (κ1) is 30.7. The van der Waals surface area contributed by atoms with Crippen molar-refractivity contribution in [1.82, 2.24) is 4.57 Å². The Labute approximate surface area is 323 Å². The van der Waals surface area contributed by atoms with Gasteiger partial charge in [0.05, 0.1) is 11.0 Å². The highest BCUT2D eigenvalue weighted by molar-refractivity contribution is 7.25. The molecule has 2 heteroatoms. The Bertz CT molecular complexity index is 3330. The Kier molecular flexibility index (Phi) is 6.63. The lowest BCUT2D eigenvalue weighted by molar-refractivity contribution is 1.03. The average Bonchev–Trinajstić information content (AvgIpc) is 3.90. The Balaban J connectivity index is 1.01. The van der Waals surface area contributed by atoms with Gasteiger partial charge in [0.25, 0.3) is 0 Å². The number of rotatable bonds is 4. The largest absolute Gasteiger partial charge is 0.309 e. The van der Waals surface area contributed by atoms with E-state index in [1.807, 2.05) is 11.3 Å². The molecule has 1 nitrogen and oxygen atoms in total. The summed E-state index contributed by atoms with van der Waals surface area (Å²) in [6.07, 6.45) is 0. The van der Waals surface area contributed by atoms with Crippen molar-refractivity contribution in [3.63, 3.8) is 0 Å². The molecule has 0 radical (unpaired) electrons. The number of aromatic nitrogens is 1. The fourth-order valence-electron chi connectivity index (χ4n) is 9.46. The van der Waals surface area contributed by atoms with Crippen LogP contribution < -0.4 is 0 Å². The van der Waals surface area contributed by atoms with Crippen molar-refractivity contribution in [1.29, 1.82) is 0 Å². The van der Waals surface area contributed by atoms with E-state index in [1.165, 1.54) is 109 Å². The Hall–Kier alpha value is -6.74. The highest BCUT2D eigenvalue weighted by Gasteiger charge is 2.31. The van der Waals surface area contributed by atoms with Crippen molar-refractivity contribution in [2.75, 3.05) is 0 Å². The molecule has 0 aliphatic heterocycles. The lowest BCUT2D eigenvalue weighted by Crippen LogP contribution is -2.01. The summed E-state index contributed by atoms with van der Waals surface area (Å²) in [5.41, 5.74) is 15.4. The molecule has 1 aliphatic carbocycles. The molecule has 0 saturated carbocycles. The zero-order valence-electron chi connectivity index (χ0n) is 29.9. The van der Waals surface area contributed by atoms with Crippen molar-refractivity contribution in [2.45, 2.75) is 5.92 Å². The zero-order chi connectivity index (χ0) is 36.0. The second kappa shape index (κ2) is 11.9. The third-order valence-electron chi connectivity index (χ3n) is 11.9. The summed E-state index contributed by atoms with van der Waals surface area (Å²) in [5.74, 6) is 0.124. The van der Waals surface area contributed by atoms with Crippen LogP contribution in [0.4, 0.5) is 0 Å². The number of para-hydroxylation sites is 2. The minimum Gasteiger partial charge on any atom is -0.309 e. The predicted molar refractivity (Wildman–Crippen MR) is 235 cm³/mol. The smallest absolute Gasteiger partial charge is 0.0541 e. The summed E-state index contributed by atoms with van der Waals surface area (Å²) < 4.78 is 5.06. The molecule has 0 N–H and O–H groups in total. The number of fused-ring (bicyclic) bond motifs is 10. The first-order valence-corrected chi connectivity index (χ1v) is 19.9. The van der Waals surface area contributed by atoms with Crippen LogP contribution in [0.1, 0.15) is 22.6 Å². The first-order valence-electron chi connectivity index (χ1n) is 19.0. The molecule has 12 rings (SSSR count). The summed E-state index contributed by atoms with van der Waals surface area (Å²) in [4.78, 5) is 0. The van der Waals surface area contributed by atoms with E-state index in [-0.39, 0.29) is 5.92 Å². The quantitative estimate of drug-likeness (QED) is 0.171. The summed E-state index contributed by atoms with van der Waals surface area (Å²) in [5, 5.41) is 7.82. The summed E-state index contributed by atoms with van der Waals surface area (Å²) >= 11 is 1.88. The van der Waals surface area contributed by atoms with Gasteiger partial charge in [0, 0.05) is 42.6 Å². The molecule has 256 valence electrons. The number of hydrogen-bond acceptors (Lipinski definition) is 1. The maximum atomic E-state index is 2.47. The minimum atomic E-state index is 0.124. The molecule has 55 heavy (non-hydrogen) atoms. The summed E-state index contributed by atoms with van der Waals surface area (Å²) in [6.45, 7) is 0. The molecule has 11 aromatic rings. The molecule has 0 bridgehead atoms. The molecule has 0 saturated heterocycles. The standard InChI is InChI=1S/C53H33NS/c1-2-12-36(13-3-1)54-49-22-8-6-15-42(49)47-30-34(26-29-50(47)54)33-24-27-41-39-14-4-5-17-45(39)53(48(41)31-33)46-21-11-19-38-37(18-10-20-40(38)46)35-25-28-44-43-16-7-9-23-51(43)55-52(44)32-35/h1-32,53H. The van der Waals surface area contributed by atoms with E-state index < -0.39 is 0 Å². The maximum absolute atomic E-state index is 2.47. The van der Waals surface area contributed by atoms with Crippen molar-refractivity contribution in [3.8, 4) is 39.1 Å². The molecule has 2 heterocycles. The van der Waals surface area contributed by atoms with E-state index in [0.29, 0.717) is 0 Å². The van der Waals surface area contributed by atoms with Crippen LogP contribution in [0.25, 0.3) is 91.8 Å². The van der Waals surface area contributed by atoms with Crippen LogP contribution in [0.15, 0.2) is 194 Å². The third-order valence-corrected chi connectivity index (χ3v) is 13.0. The highest BCUT2D eigenvalue weighted by Crippen LogP contribution is 2.51. The van der Waals surface area contributed by atoms with Gasteiger partial charge in [-0.2, -0.15) is 0 Å². The highest BCUT2D eigenvalue weighted by atomic mass is 32.1. The fourth-order valence-corrected chi connectivity index (χ4v) is 10.6. The second-order valence-corrected chi connectivity index (χ2v) is 15.9. The van der Waals surface area contributed by atoms with E-state index in [2.05, 4.69) is 199 Å². The van der Waals surface area contributed by atoms with Gasteiger partial charge in [0.1, 0.15) is 0 Å². The van der Waals surface area contributed by atoms with E-state index in [0.717, 1.165) is 0 Å². The Morgan fingerprint density at radius 2 is 0.964 bits per heavy atom. The molecular formula is C53H33NS. The minimum absolute atomic E-state index is 0.124. The lowest BCUT2D eigenvalue weighted by Gasteiger charge is -2.19. The topological polar surface area (TPSA) is 4.93 Å². The number of thiophene rings is 1. The lowest BCUT2D eigenvalue weighted by atomic mass is 9.84. The molecular weight excluding hydrogens is 683 g/mol. The SMILES string of the molecule is c1ccc(-n2c3ccccc3c3cc(-c4ccc5c(c4)C(c4cccc6c(-c7ccc8c(c7)sc7ccccc78)cccc46)c4ccccc4-5)ccc32)cc1. The van der Waals surface area contributed by atoms with Gasteiger partial charge in [-0.3, -0.25) is 0 Å². The van der Waals surface area contributed by atoms with Crippen molar-refractivity contribution < 1.29 is 0 Å². The van der Waals surface area contributed by atoms with Gasteiger partial charge in [0.15, 0.2) is 0 Å². The molecule has 9 aromatic carbocycles. The van der Waals surface area contributed by atoms with E-state index in [1.54, 1.807) is 0 Å². The predicted octanol–water partition coefficient (Wildman–Crippen LogP) is 14.8. The normalized spacial score (nSPS) is 13.6. The van der Waals surface area contributed by atoms with Crippen LogP contribution in [0.3, 0.4) is 0 Å². The summed E-state index contributed by atoms with van der Waals surface area (Å²) in [7, 11) is 0. The van der Waals surface area contributed by atoms with Gasteiger partial charge in [0.2, 0.25) is 0 Å². The van der Waals surface area contributed by atoms with E-state index >= 15 is 0 Å². The molecule has 2 aromatic heterocycles. The van der Waals surface area contributed by atoms with Crippen LogP contribution in [-0.4, -0.2) is 4.57 Å². The van der Waals surface area contributed by atoms with Gasteiger partial charge < -0.3 is 4.57 Å². The third kappa shape index (κ3) is 4.59. The number of benzene rings is 9. The fraction of sp³-hybridized carbons (Fsp3) is 0.0189. The van der Waals surface area contributed by atoms with Gasteiger partial charge in [-0.05, 0) is 109 Å². The van der Waals surface area contributed by atoms with Crippen LogP contribution in [-0.2, 0) is 0 Å². The van der Waals surface area contributed by atoms with Crippen molar-refractivity contribution >= 4 is 64.1 Å².